The number of carbonyl (C=O) groups excluding carboxylic acids is 1. The molecule has 0 aliphatic heterocycles. The van der Waals surface area contributed by atoms with Crippen molar-refractivity contribution in [2.75, 3.05) is 17.7 Å². The van der Waals surface area contributed by atoms with Gasteiger partial charge in [-0.3, -0.25) is 9.78 Å². The maximum absolute atomic E-state index is 11.7. The minimum atomic E-state index is -0.264. The van der Waals surface area contributed by atoms with Crippen molar-refractivity contribution < 1.29 is 9.53 Å². The molecule has 1 aromatic heterocycles. The lowest BCUT2D eigenvalue weighted by Gasteiger charge is -2.12. The Kier molecular flexibility index (Phi) is 6.18. The summed E-state index contributed by atoms with van der Waals surface area (Å²) in [6, 6.07) is 18.6. The van der Waals surface area contributed by atoms with Crippen molar-refractivity contribution >= 4 is 34.6 Å². The summed E-state index contributed by atoms with van der Waals surface area (Å²) < 4.78 is 5.78. The van der Waals surface area contributed by atoms with E-state index in [2.05, 4.69) is 20.9 Å². The molecule has 7 heteroatoms. The van der Waals surface area contributed by atoms with Crippen molar-refractivity contribution in [3.05, 3.63) is 78.1 Å². The van der Waals surface area contributed by atoms with Gasteiger partial charge in [0.1, 0.15) is 17.2 Å². The predicted octanol–water partition coefficient (Wildman–Crippen LogP) is 4.35. The van der Waals surface area contributed by atoms with E-state index in [9.17, 15) is 4.79 Å². The van der Waals surface area contributed by atoms with Gasteiger partial charge in [0, 0.05) is 30.7 Å². The van der Waals surface area contributed by atoms with Crippen LogP contribution in [0.15, 0.2) is 66.9 Å². The number of ether oxygens (including phenoxy) is 1. The molecule has 0 saturated carbocycles. The van der Waals surface area contributed by atoms with Crippen LogP contribution in [0.5, 0.6) is 11.5 Å². The molecule has 0 aliphatic carbocycles. The Morgan fingerprint density at radius 1 is 0.929 bits per heavy atom. The van der Waals surface area contributed by atoms with E-state index in [0.29, 0.717) is 22.3 Å². The molecule has 0 atom stereocenters. The van der Waals surface area contributed by atoms with Crippen LogP contribution in [0.4, 0.5) is 11.4 Å². The minimum Gasteiger partial charge on any atom is -0.457 e. The zero-order valence-corrected chi connectivity index (χ0v) is 16.3. The fourth-order valence-electron chi connectivity index (χ4n) is 2.40. The van der Waals surface area contributed by atoms with Gasteiger partial charge < -0.3 is 20.7 Å². The highest BCUT2D eigenvalue weighted by Crippen LogP contribution is 2.23. The first-order chi connectivity index (χ1) is 13.5. The number of aryl methyl sites for hydroxylation is 1. The molecule has 3 aromatic rings. The Bertz CT molecular complexity index is 972. The van der Waals surface area contributed by atoms with Gasteiger partial charge in [0.2, 0.25) is 0 Å². The molecule has 0 aliphatic rings. The summed E-state index contributed by atoms with van der Waals surface area (Å²) in [5.41, 5.74) is 3.24. The molecule has 0 radical (unpaired) electrons. The van der Waals surface area contributed by atoms with Gasteiger partial charge in [0.25, 0.3) is 5.91 Å². The van der Waals surface area contributed by atoms with Gasteiger partial charge in [-0.15, -0.1) is 0 Å². The SMILES string of the molecule is CNC(=O)c1cc(Oc2ccc(NC(=S)Nc3ccc(C)cc3)cc2)ccn1. The topological polar surface area (TPSA) is 75.3 Å². The molecular formula is C21H20N4O2S. The molecule has 0 saturated heterocycles. The second kappa shape index (κ2) is 8.96. The summed E-state index contributed by atoms with van der Waals surface area (Å²) in [6.07, 6.45) is 1.53. The highest BCUT2D eigenvalue weighted by Gasteiger charge is 2.07. The summed E-state index contributed by atoms with van der Waals surface area (Å²) in [7, 11) is 1.56. The average molecular weight is 392 g/mol. The number of rotatable bonds is 5. The van der Waals surface area contributed by atoms with E-state index in [-0.39, 0.29) is 5.91 Å². The van der Waals surface area contributed by atoms with Crippen LogP contribution < -0.4 is 20.7 Å². The Labute approximate surface area is 169 Å². The molecule has 3 N–H and O–H groups in total. The summed E-state index contributed by atoms with van der Waals surface area (Å²) in [4.78, 5) is 15.7. The average Bonchev–Trinajstić information content (AvgIpc) is 2.71. The van der Waals surface area contributed by atoms with Gasteiger partial charge in [-0.2, -0.15) is 0 Å². The highest BCUT2D eigenvalue weighted by molar-refractivity contribution is 7.80. The van der Waals surface area contributed by atoms with Gasteiger partial charge in [0.05, 0.1) is 0 Å². The van der Waals surface area contributed by atoms with Crippen LogP contribution in [0.2, 0.25) is 0 Å². The minimum absolute atomic E-state index is 0.264. The lowest BCUT2D eigenvalue weighted by Crippen LogP contribution is -2.19. The lowest BCUT2D eigenvalue weighted by molar-refractivity contribution is 0.0958. The third-order valence-electron chi connectivity index (χ3n) is 3.85. The molecule has 0 fully saturated rings. The van der Waals surface area contributed by atoms with Gasteiger partial charge in [-0.25, -0.2) is 0 Å². The molecule has 0 bridgehead atoms. The van der Waals surface area contributed by atoms with Crippen molar-refractivity contribution in [3.63, 3.8) is 0 Å². The van der Waals surface area contributed by atoms with E-state index in [4.69, 9.17) is 17.0 Å². The van der Waals surface area contributed by atoms with Crippen LogP contribution in [0, 0.1) is 6.92 Å². The normalized spacial score (nSPS) is 10.1. The molecule has 1 heterocycles. The Morgan fingerprint density at radius 3 is 2.14 bits per heavy atom. The van der Waals surface area contributed by atoms with Gasteiger partial charge in [0.15, 0.2) is 5.11 Å². The second-order valence-electron chi connectivity index (χ2n) is 6.03. The number of amides is 1. The molecule has 2 aromatic carbocycles. The van der Waals surface area contributed by atoms with E-state index in [0.717, 1.165) is 11.4 Å². The third-order valence-corrected chi connectivity index (χ3v) is 4.05. The zero-order valence-electron chi connectivity index (χ0n) is 15.5. The molecule has 142 valence electrons. The molecule has 6 nitrogen and oxygen atoms in total. The Morgan fingerprint density at radius 2 is 1.54 bits per heavy atom. The van der Waals surface area contributed by atoms with Crippen LogP contribution >= 0.6 is 12.2 Å². The molecule has 0 spiro atoms. The number of benzene rings is 2. The first-order valence-electron chi connectivity index (χ1n) is 8.64. The van der Waals surface area contributed by atoms with Crippen LogP contribution in [0.3, 0.4) is 0 Å². The number of pyridine rings is 1. The zero-order chi connectivity index (χ0) is 19.9. The van der Waals surface area contributed by atoms with Crippen molar-refractivity contribution in [3.8, 4) is 11.5 Å². The van der Waals surface area contributed by atoms with Crippen LogP contribution in [-0.2, 0) is 0 Å². The summed E-state index contributed by atoms with van der Waals surface area (Å²) in [5.74, 6) is 0.905. The first kappa shape index (κ1) is 19.3. The van der Waals surface area contributed by atoms with Crippen molar-refractivity contribution in [1.82, 2.24) is 10.3 Å². The number of nitrogens with zero attached hydrogens (tertiary/aromatic N) is 1. The predicted molar refractivity (Wildman–Crippen MR) is 115 cm³/mol. The van der Waals surface area contributed by atoms with Crippen molar-refractivity contribution in [1.29, 1.82) is 0 Å². The van der Waals surface area contributed by atoms with Crippen molar-refractivity contribution in [2.45, 2.75) is 6.92 Å². The standard InChI is InChI=1S/C21H20N4O2S/c1-14-3-5-15(6-4-14)24-21(28)25-16-7-9-17(10-8-16)27-18-11-12-23-19(13-18)20(26)22-2/h3-13H,1-2H3,(H,22,26)(H2,24,25,28). The summed E-state index contributed by atoms with van der Waals surface area (Å²) in [5, 5.41) is 9.30. The monoisotopic (exact) mass is 392 g/mol. The molecule has 0 unspecified atom stereocenters. The first-order valence-corrected chi connectivity index (χ1v) is 9.05. The Hall–Kier alpha value is -3.45. The van der Waals surface area contributed by atoms with Gasteiger partial charge in [-0.05, 0) is 61.6 Å². The fourth-order valence-corrected chi connectivity index (χ4v) is 2.64. The largest absolute Gasteiger partial charge is 0.457 e. The van der Waals surface area contributed by atoms with Gasteiger partial charge in [-0.1, -0.05) is 17.7 Å². The smallest absolute Gasteiger partial charge is 0.269 e. The van der Waals surface area contributed by atoms with Crippen LogP contribution in [-0.4, -0.2) is 23.1 Å². The van der Waals surface area contributed by atoms with Crippen molar-refractivity contribution in [2.24, 2.45) is 0 Å². The van der Waals surface area contributed by atoms with E-state index in [1.54, 1.807) is 19.2 Å². The van der Waals surface area contributed by atoms with Crippen LogP contribution in [0.1, 0.15) is 16.1 Å². The third kappa shape index (κ3) is 5.28. The summed E-state index contributed by atoms with van der Waals surface area (Å²) in [6.45, 7) is 2.04. The maximum Gasteiger partial charge on any atom is 0.269 e. The number of anilines is 2. The number of aromatic nitrogens is 1. The molecule has 28 heavy (non-hydrogen) atoms. The molecule has 1 amide bonds. The second-order valence-corrected chi connectivity index (χ2v) is 6.44. The number of thiocarbonyl (C=S) groups is 1. The van der Waals surface area contributed by atoms with Crippen LogP contribution in [0.25, 0.3) is 0 Å². The fraction of sp³-hybridized carbons (Fsp3) is 0.0952. The summed E-state index contributed by atoms with van der Waals surface area (Å²) >= 11 is 5.34. The number of carbonyl (C=O) groups is 1. The highest BCUT2D eigenvalue weighted by atomic mass is 32.1. The van der Waals surface area contributed by atoms with E-state index in [1.165, 1.54) is 11.8 Å². The number of hydrogen-bond donors (Lipinski definition) is 3. The van der Waals surface area contributed by atoms with E-state index in [1.807, 2.05) is 55.5 Å². The lowest BCUT2D eigenvalue weighted by atomic mass is 10.2. The molecular weight excluding hydrogens is 372 g/mol. The van der Waals surface area contributed by atoms with Gasteiger partial charge >= 0.3 is 0 Å². The number of nitrogens with one attached hydrogen (secondary N) is 3. The van der Waals surface area contributed by atoms with E-state index < -0.39 is 0 Å². The maximum atomic E-state index is 11.7. The Balaban J connectivity index is 1.59. The van der Waals surface area contributed by atoms with E-state index >= 15 is 0 Å². The molecule has 3 rings (SSSR count). The quantitative estimate of drug-likeness (QED) is 0.561. The number of hydrogen-bond acceptors (Lipinski definition) is 4.